The van der Waals surface area contributed by atoms with Gasteiger partial charge in [0.1, 0.15) is 29.2 Å². The summed E-state index contributed by atoms with van der Waals surface area (Å²) < 4.78 is 16.4. The number of carbonyl (C=O) groups is 1. The van der Waals surface area contributed by atoms with E-state index in [1.807, 2.05) is 42.5 Å². The molecule has 0 atom stereocenters. The van der Waals surface area contributed by atoms with Crippen LogP contribution in [0.3, 0.4) is 0 Å². The fraction of sp³-hybridized carbons (Fsp3) is 0.200. The van der Waals surface area contributed by atoms with Crippen molar-refractivity contribution in [1.29, 1.82) is 0 Å². The summed E-state index contributed by atoms with van der Waals surface area (Å²) >= 11 is 0. The molecule has 5 nitrogen and oxygen atoms in total. The van der Waals surface area contributed by atoms with Gasteiger partial charge in [-0.1, -0.05) is 30.3 Å². The van der Waals surface area contributed by atoms with Crippen LogP contribution in [-0.4, -0.2) is 24.7 Å². The summed E-state index contributed by atoms with van der Waals surface area (Å²) in [6.45, 7) is 2.27. The van der Waals surface area contributed by atoms with Crippen LogP contribution in [0.2, 0.25) is 0 Å². The minimum Gasteiger partial charge on any atom is -0.496 e. The van der Waals surface area contributed by atoms with E-state index < -0.39 is 5.97 Å². The summed E-state index contributed by atoms with van der Waals surface area (Å²) in [7, 11) is 1.53. The van der Waals surface area contributed by atoms with E-state index >= 15 is 0 Å². The number of benzene rings is 2. The Labute approximate surface area is 146 Å². The second-order valence-electron chi connectivity index (χ2n) is 5.33. The lowest BCUT2D eigenvalue weighted by Gasteiger charge is -2.14. The van der Waals surface area contributed by atoms with Crippen LogP contribution in [-0.2, 0) is 11.3 Å². The highest BCUT2D eigenvalue weighted by Gasteiger charge is 2.19. The lowest BCUT2D eigenvalue weighted by molar-refractivity contribution is 0.0519. The molecule has 0 bridgehead atoms. The van der Waals surface area contributed by atoms with E-state index in [1.165, 1.54) is 7.11 Å². The van der Waals surface area contributed by atoms with E-state index in [0.717, 1.165) is 10.9 Å². The number of methoxy groups -OCH3 is 1. The molecule has 0 aliphatic carbocycles. The Morgan fingerprint density at radius 3 is 2.60 bits per heavy atom. The van der Waals surface area contributed by atoms with E-state index in [1.54, 1.807) is 19.2 Å². The maximum atomic E-state index is 12.3. The van der Waals surface area contributed by atoms with E-state index in [9.17, 15) is 4.79 Å². The van der Waals surface area contributed by atoms with Gasteiger partial charge < -0.3 is 14.2 Å². The van der Waals surface area contributed by atoms with Crippen molar-refractivity contribution in [2.24, 2.45) is 0 Å². The average molecular weight is 337 g/mol. The molecular formula is C20H19NO4. The molecule has 3 aromatic rings. The molecule has 5 heteroatoms. The van der Waals surface area contributed by atoms with Crippen LogP contribution in [0, 0.1) is 0 Å². The standard InChI is InChI=1S/C20H19NO4/c1-3-24-20(22)18-15(8-5-10-16(18)23-2)13-25-17-11-4-7-14-9-6-12-21-19(14)17/h4-12H,3,13H2,1-2H3. The van der Waals surface area contributed by atoms with Crippen LogP contribution in [0.5, 0.6) is 11.5 Å². The van der Waals surface area contributed by atoms with Gasteiger partial charge in [-0.05, 0) is 25.1 Å². The van der Waals surface area contributed by atoms with Crippen LogP contribution >= 0.6 is 0 Å². The Morgan fingerprint density at radius 1 is 1.04 bits per heavy atom. The van der Waals surface area contributed by atoms with Gasteiger partial charge in [0.25, 0.3) is 0 Å². The summed E-state index contributed by atoms with van der Waals surface area (Å²) in [6, 6.07) is 15.0. The van der Waals surface area contributed by atoms with Gasteiger partial charge in [0.2, 0.25) is 0 Å². The molecule has 0 saturated carbocycles. The van der Waals surface area contributed by atoms with Gasteiger partial charge in [0.15, 0.2) is 0 Å². The molecule has 0 unspecified atom stereocenters. The average Bonchev–Trinajstić information content (AvgIpc) is 2.66. The Bertz CT molecular complexity index is 887. The van der Waals surface area contributed by atoms with Crippen molar-refractivity contribution in [3.63, 3.8) is 0 Å². The van der Waals surface area contributed by atoms with Crippen molar-refractivity contribution in [3.05, 3.63) is 65.9 Å². The summed E-state index contributed by atoms with van der Waals surface area (Å²) in [6.07, 6.45) is 1.73. The number of carbonyl (C=O) groups excluding carboxylic acids is 1. The highest BCUT2D eigenvalue weighted by molar-refractivity contribution is 5.94. The van der Waals surface area contributed by atoms with Crippen molar-refractivity contribution >= 4 is 16.9 Å². The van der Waals surface area contributed by atoms with Gasteiger partial charge in [0.05, 0.1) is 13.7 Å². The number of aromatic nitrogens is 1. The van der Waals surface area contributed by atoms with Crippen LogP contribution in [0.4, 0.5) is 0 Å². The molecule has 0 spiro atoms. The first-order valence-corrected chi connectivity index (χ1v) is 8.04. The monoisotopic (exact) mass is 337 g/mol. The van der Waals surface area contributed by atoms with Gasteiger partial charge in [-0.15, -0.1) is 0 Å². The Balaban J connectivity index is 1.91. The predicted molar refractivity (Wildman–Crippen MR) is 95.0 cm³/mol. The third kappa shape index (κ3) is 3.55. The number of esters is 1. The third-order valence-corrected chi connectivity index (χ3v) is 3.79. The van der Waals surface area contributed by atoms with E-state index in [2.05, 4.69) is 4.98 Å². The van der Waals surface area contributed by atoms with Crippen LogP contribution in [0.25, 0.3) is 10.9 Å². The number of hydrogen-bond donors (Lipinski definition) is 0. The maximum Gasteiger partial charge on any atom is 0.342 e. The Kier molecular flexibility index (Phi) is 5.14. The van der Waals surface area contributed by atoms with Gasteiger partial charge >= 0.3 is 5.97 Å². The molecule has 3 rings (SSSR count). The smallest absolute Gasteiger partial charge is 0.342 e. The van der Waals surface area contributed by atoms with Crippen molar-refractivity contribution < 1.29 is 19.0 Å². The molecule has 0 amide bonds. The largest absolute Gasteiger partial charge is 0.496 e. The highest BCUT2D eigenvalue weighted by atomic mass is 16.5. The van der Waals surface area contributed by atoms with Crippen LogP contribution in [0.15, 0.2) is 54.7 Å². The number of hydrogen-bond acceptors (Lipinski definition) is 5. The summed E-state index contributed by atoms with van der Waals surface area (Å²) in [4.78, 5) is 16.7. The molecule has 25 heavy (non-hydrogen) atoms. The molecule has 0 aliphatic rings. The SMILES string of the molecule is CCOC(=O)c1c(COc2cccc3cccnc23)cccc1OC. The Hall–Kier alpha value is -3.08. The summed E-state index contributed by atoms with van der Waals surface area (Å²) in [5.41, 5.74) is 1.87. The zero-order valence-corrected chi connectivity index (χ0v) is 14.2. The molecule has 0 radical (unpaired) electrons. The summed E-state index contributed by atoms with van der Waals surface area (Å²) in [5, 5.41) is 0.997. The van der Waals surface area contributed by atoms with E-state index in [-0.39, 0.29) is 6.61 Å². The van der Waals surface area contributed by atoms with E-state index in [4.69, 9.17) is 14.2 Å². The molecule has 0 aliphatic heterocycles. The van der Waals surface area contributed by atoms with Crippen molar-refractivity contribution in [3.8, 4) is 11.5 Å². The first-order chi connectivity index (χ1) is 12.2. The first-order valence-electron chi connectivity index (χ1n) is 8.04. The second kappa shape index (κ2) is 7.66. The number of nitrogens with zero attached hydrogens (tertiary/aromatic N) is 1. The molecule has 0 saturated heterocycles. The fourth-order valence-electron chi connectivity index (χ4n) is 2.65. The molecule has 1 heterocycles. The lowest BCUT2D eigenvalue weighted by atomic mass is 10.1. The normalized spacial score (nSPS) is 10.5. The van der Waals surface area contributed by atoms with Gasteiger partial charge in [-0.2, -0.15) is 0 Å². The third-order valence-electron chi connectivity index (χ3n) is 3.79. The topological polar surface area (TPSA) is 57.7 Å². The first kappa shape index (κ1) is 16.8. The molecule has 2 aromatic carbocycles. The fourth-order valence-corrected chi connectivity index (χ4v) is 2.65. The van der Waals surface area contributed by atoms with E-state index in [0.29, 0.717) is 29.2 Å². The quantitative estimate of drug-likeness (QED) is 0.636. The molecule has 0 fully saturated rings. The van der Waals surface area contributed by atoms with Crippen molar-refractivity contribution in [2.75, 3.05) is 13.7 Å². The lowest BCUT2D eigenvalue weighted by Crippen LogP contribution is -2.12. The van der Waals surface area contributed by atoms with Crippen molar-refractivity contribution in [1.82, 2.24) is 4.98 Å². The van der Waals surface area contributed by atoms with Crippen molar-refractivity contribution in [2.45, 2.75) is 13.5 Å². The zero-order valence-electron chi connectivity index (χ0n) is 14.2. The Morgan fingerprint density at radius 2 is 1.80 bits per heavy atom. The maximum absolute atomic E-state index is 12.3. The van der Waals surface area contributed by atoms with Gasteiger partial charge in [-0.3, -0.25) is 4.98 Å². The molecule has 128 valence electrons. The number of para-hydroxylation sites is 1. The minimum absolute atomic E-state index is 0.209. The zero-order chi connectivity index (χ0) is 17.6. The number of pyridine rings is 1. The van der Waals surface area contributed by atoms with Crippen LogP contribution in [0.1, 0.15) is 22.8 Å². The predicted octanol–water partition coefficient (Wildman–Crippen LogP) is 4.00. The molecular weight excluding hydrogens is 318 g/mol. The molecule has 1 aromatic heterocycles. The van der Waals surface area contributed by atoms with Gasteiger partial charge in [-0.25, -0.2) is 4.79 Å². The highest BCUT2D eigenvalue weighted by Crippen LogP contribution is 2.27. The molecule has 0 N–H and O–H groups in total. The number of ether oxygens (including phenoxy) is 3. The second-order valence-corrected chi connectivity index (χ2v) is 5.33. The number of fused-ring (bicyclic) bond motifs is 1. The van der Waals surface area contributed by atoms with Crippen LogP contribution < -0.4 is 9.47 Å². The minimum atomic E-state index is -0.422. The number of rotatable bonds is 6. The summed E-state index contributed by atoms with van der Waals surface area (Å²) in [5.74, 6) is 0.709. The van der Waals surface area contributed by atoms with Gasteiger partial charge in [0, 0.05) is 17.1 Å².